The van der Waals surface area contributed by atoms with Crippen molar-refractivity contribution in [1.29, 1.82) is 0 Å². The van der Waals surface area contributed by atoms with Gasteiger partial charge in [0, 0.05) is 18.7 Å². The molecule has 0 bridgehead atoms. The highest BCUT2D eigenvalue weighted by atomic mass is 16.4. The standard InChI is InChI=1S/C19H26N2O4/c1-12-10-13(7-8-14(12)18(24)25)20-17(23)15-6-5-9-21(15)16(22)11-19(2,3)4/h7-8,10,15H,5-6,9,11H2,1-4H3,(H,20,23)(H,24,25). The fraction of sp³-hybridized carbons (Fsp3) is 0.526. The maximum absolute atomic E-state index is 12.6. The first-order valence-electron chi connectivity index (χ1n) is 8.53. The molecule has 6 heteroatoms. The number of amides is 2. The van der Waals surface area contributed by atoms with Crippen molar-refractivity contribution in [1.82, 2.24) is 4.90 Å². The second-order valence-electron chi connectivity index (χ2n) is 7.81. The number of benzene rings is 1. The number of carbonyl (C=O) groups excluding carboxylic acids is 2. The molecule has 1 aromatic rings. The van der Waals surface area contributed by atoms with Crippen LogP contribution in [-0.4, -0.2) is 40.4 Å². The first kappa shape index (κ1) is 19.0. The van der Waals surface area contributed by atoms with Crippen molar-refractivity contribution in [2.24, 2.45) is 5.41 Å². The smallest absolute Gasteiger partial charge is 0.335 e. The van der Waals surface area contributed by atoms with E-state index in [1.54, 1.807) is 24.0 Å². The van der Waals surface area contributed by atoms with Crippen LogP contribution in [0.1, 0.15) is 56.0 Å². The summed E-state index contributed by atoms with van der Waals surface area (Å²) in [4.78, 5) is 37.8. The SMILES string of the molecule is Cc1cc(NC(=O)C2CCCN2C(=O)CC(C)(C)C)ccc1C(=O)O. The molecule has 1 atom stereocenters. The fourth-order valence-electron chi connectivity index (χ4n) is 3.10. The molecule has 2 rings (SSSR count). The van der Waals surface area contributed by atoms with Gasteiger partial charge in [-0.15, -0.1) is 0 Å². The summed E-state index contributed by atoms with van der Waals surface area (Å²) in [7, 11) is 0. The number of hydrogen-bond acceptors (Lipinski definition) is 3. The van der Waals surface area contributed by atoms with Crippen molar-refractivity contribution >= 4 is 23.5 Å². The lowest BCUT2D eigenvalue weighted by molar-refractivity contribution is -0.138. The normalized spacial score (nSPS) is 17.4. The minimum atomic E-state index is -0.995. The topological polar surface area (TPSA) is 86.7 Å². The maximum atomic E-state index is 12.6. The molecule has 25 heavy (non-hydrogen) atoms. The Balaban J connectivity index is 2.08. The van der Waals surface area contributed by atoms with E-state index in [2.05, 4.69) is 5.32 Å². The highest BCUT2D eigenvalue weighted by Gasteiger charge is 2.35. The molecule has 136 valence electrons. The monoisotopic (exact) mass is 346 g/mol. The summed E-state index contributed by atoms with van der Waals surface area (Å²) in [6, 6.07) is 4.22. The molecule has 1 unspecified atom stereocenters. The van der Waals surface area contributed by atoms with Gasteiger partial charge in [-0.25, -0.2) is 4.79 Å². The van der Waals surface area contributed by atoms with Crippen LogP contribution in [0.15, 0.2) is 18.2 Å². The van der Waals surface area contributed by atoms with E-state index in [1.807, 2.05) is 20.8 Å². The van der Waals surface area contributed by atoms with Gasteiger partial charge in [-0.3, -0.25) is 9.59 Å². The minimum absolute atomic E-state index is 0.00237. The zero-order valence-electron chi connectivity index (χ0n) is 15.3. The van der Waals surface area contributed by atoms with Gasteiger partial charge in [-0.05, 0) is 48.9 Å². The van der Waals surface area contributed by atoms with Gasteiger partial charge in [0.25, 0.3) is 0 Å². The molecule has 1 heterocycles. The van der Waals surface area contributed by atoms with Crippen LogP contribution in [0.5, 0.6) is 0 Å². The Labute approximate surface area is 148 Å². The summed E-state index contributed by atoms with van der Waals surface area (Å²) < 4.78 is 0. The van der Waals surface area contributed by atoms with Gasteiger partial charge < -0.3 is 15.3 Å². The van der Waals surface area contributed by atoms with Crippen LogP contribution in [0.4, 0.5) is 5.69 Å². The molecule has 1 fully saturated rings. The predicted molar refractivity (Wildman–Crippen MR) is 95.6 cm³/mol. The number of anilines is 1. The van der Waals surface area contributed by atoms with Crippen molar-refractivity contribution in [2.45, 2.75) is 53.0 Å². The van der Waals surface area contributed by atoms with Gasteiger partial charge in [0.05, 0.1) is 5.56 Å². The largest absolute Gasteiger partial charge is 0.478 e. The van der Waals surface area contributed by atoms with E-state index >= 15 is 0 Å². The van der Waals surface area contributed by atoms with Gasteiger partial charge in [0.2, 0.25) is 11.8 Å². The van der Waals surface area contributed by atoms with Gasteiger partial charge in [-0.2, -0.15) is 0 Å². The van der Waals surface area contributed by atoms with Crippen LogP contribution < -0.4 is 5.32 Å². The van der Waals surface area contributed by atoms with Crippen LogP contribution in [-0.2, 0) is 9.59 Å². The quantitative estimate of drug-likeness (QED) is 0.877. The van der Waals surface area contributed by atoms with Gasteiger partial charge in [-0.1, -0.05) is 20.8 Å². The zero-order valence-corrected chi connectivity index (χ0v) is 15.3. The van der Waals surface area contributed by atoms with Gasteiger partial charge in [0.1, 0.15) is 6.04 Å². The van der Waals surface area contributed by atoms with Crippen LogP contribution in [0.3, 0.4) is 0 Å². The van der Waals surface area contributed by atoms with Crippen LogP contribution in [0.25, 0.3) is 0 Å². The molecule has 0 spiro atoms. The number of carboxylic acids is 1. The van der Waals surface area contributed by atoms with Crippen molar-refractivity contribution in [2.75, 3.05) is 11.9 Å². The second kappa shape index (κ2) is 7.25. The van der Waals surface area contributed by atoms with Gasteiger partial charge >= 0.3 is 5.97 Å². The number of likely N-dealkylation sites (tertiary alicyclic amines) is 1. The number of nitrogens with zero attached hydrogens (tertiary/aromatic N) is 1. The maximum Gasteiger partial charge on any atom is 0.335 e. The first-order valence-corrected chi connectivity index (χ1v) is 8.53. The molecule has 0 aliphatic carbocycles. The Bertz CT molecular complexity index is 691. The van der Waals surface area contributed by atoms with E-state index in [-0.39, 0.29) is 22.8 Å². The molecule has 1 saturated heterocycles. The molecule has 2 amide bonds. The van der Waals surface area contributed by atoms with E-state index in [0.29, 0.717) is 30.6 Å². The molecular weight excluding hydrogens is 320 g/mol. The number of carbonyl (C=O) groups is 3. The average molecular weight is 346 g/mol. The number of rotatable bonds is 4. The molecule has 0 radical (unpaired) electrons. The Morgan fingerprint density at radius 3 is 2.52 bits per heavy atom. The number of carboxylic acid groups (broad SMARTS) is 1. The number of nitrogens with one attached hydrogen (secondary N) is 1. The minimum Gasteiger partial charge on any atom is -0.478 e. The lowest BCUT2D eigenvalue weighted by atomic mass is 9.91. The summed E-state index contributed by atoms with van der Waals surface area (Å²) >= 11 is 0. The highest BCUT2D eigenvalue weighted by molar-refractivity contribution is 5.98. The Hall–Kier alpha value is -2.37. The third-order valence-electron chi connectivity index (χ3n) is 4.28. The first-order chi connectivity index (χ1) is 11.6. The van der Waals surface area contributed by atoms with Crippen molar-refractivity contribution < 1.29 is 19.5 Å². The summed E-state index contributed by atoms with van der Waals surface area (Å²) in [5, 5.41) is 11.9. The molecule has 1 aliphatic rings. The van der Waals surface area contributed by atoms with Crippen LogP contribution in [0.2, 0.25) is 0 Å². The summed E-state index contributed by atoms with van der Waals surface area (Å²) in [5.74, 6) is -1.21. The fourth-order valence-corrected chi connectivity index (χ4v) is 3.10. The van der Waals surface area contributed by atoms with Crippen molar-refractivity contribution in [3.05, 3.63) is 29.3 Å². The molecule has 1 aromatic carbocycles. The molecular formula is C19H26N2O4. The lowest BCUT2D eigenvalue weighted by Crippen LogP contribution is -2.44. The Kier molecular flexibility index (Phi) is 5.50. The third-order valence-corrected chi connectivity index (χ3v) is 4.28. The summed E-state index contributed by atoms with van der Waals surface area (Å²) in [6.45, 7) is 8.30. The second-order valence-corrected chi connectivity index (χ2v) is 7.81. The number of hydrogen-bond donors (Lipinski definition) is 2. The van der Waals surface area contributed by atoms with Crippen LogP contribution >= 0.6 is 0 Å². The molecule has 6 nitrogen and oxygen atoms in total. The Morgan fingerprint density at radius 1 is 1.28 bits per heavy atom. The highest BCUT2D eigenvalue weighted by Crippen LogP contribution is 2.26. The molecule has 0 saturated carbocycles. The Morgan fingerprint density at radius 2 is 1.96 bits per heavy atom. The predicted octanol–water partition coefficient (Wildman–Crippen LogP) is 3.06. The number of aromatic carboxylic acids is 1. The van der Waals surface area contributed by atoms with Crippen LogP contribution in [0, 0.1) is 12.3 Å². The molecule has 0 aromatic heterocycles. The zero-order chi connectivity index (χ0) is 18.8. The third kappa shape index (κ3) is 4.81. The van der Waals surface area contributed by atoms with E-state index < -0.39 is 12.0 Å². The van der Waals surface area contributed by atoms with E-state index in [1.165, 1.54) is 6.07 Å². The number of aryl methyl sites for hydroxylation is 1. The van der Waals surface area contributed by atoms with E-state index in [4.69, 9.17) is 5.11 Å². The summed E-state index contributed by atoms with van der Waals surface area (Å²) in [6.07, 6.45) is 1.86. The van der Waals surface area contributed by atoms with E-state index in [0.717, 1.165) is 6.42 Å². The summed E-state index contributed by atoms with van der Waals surface area (Å²) in [5.41, 5.74) is 1.21. The molecule has 1 aliphatic heterocycles. The van der Waals surface area contributed by atoms with Gasteiger partial charge in [0.15, 0.2) is 0 Å². The van der Waals surface area contributed by atoms with Crippen molar-refractivity contribution in [3.63, 3.8) is 0 Å². The average Bonchev–Trinajstić information content (AvgIpc) is 2.94. The molecule has 2 N–H and O–H groups in total. The lowest BCUT2D eigenvalue weighted by Gasteiger charge is -2.27. The van der Waals surface area contributed by atoms with E-state index in [9.17, 15) is 14.4 Å². The van der Waals surface area contributed by atoms with Crippen molar-refractivity contribution in [3.8, 4) is 0 Å².